The molecule has 1 heterocycles. The van der Waals surface area contributed by atoms with Gasteiger partial charge in [-0.3, -0.25) is 0 Å². The summed E-state index contributed by atoms with van der Waals surface area (Å²) in [5.74, 6) is 0. The van der Waals surface area contributed by atoms with Crippen LogP contribution in [0.15, 0.2) is 0 Å². The van der Waals surface area contributed by atoms with E-state index in [2.05, 4.69) is 0 Å². The molecule has 0 spiro atoms. The van der Waals surface area contributed by atoms with Gasteiger partial charge in [-0.1, -0.05) is 13.8 Å². The maximum atomic E-state index is 8.74. The molecule has 2 heteroatoms. The van der Waals surface area contributed by atoms with Crippen molar-refractivity contribution in [2.45, 2.75) is 26.7 Å². The predicted octanol–water partition coefficient (Wildman–Crippen LogP) is 1.50. The van der Waals surface area contributed by atoms with Crippen LogP contribution in [-0.4, -0.2) is 23.4 Å². The van der Waals surface area contributed by atoms with Gasteiger partial charge in [-0.25, -0.2) is 0 Å². The van der Waals surface area contributed by atoms with E-state index in [9.17, 15) is 0 Å². The summed E-state index contributed by atoms with van der Waals surface area (Å²) in [6.07, 6.45) is 3.62. The summed E-state index contributed by atoms with van der Waals surface area (Å²) in [5, 5.41) is 10.1. The summed E-state index contributed by atoms with van der Waals surface area (Å²) in [6, 6.07) is 0. The van der Waals surface area contributed by atoms with Crippen LogP contribution in [-0.2, 0) is 0 Å². The SMILES string of the molecule is C.ON1CCCCC1. The predicted molar refractivity (Wildman–Crippen MR) is 33.9 cm³/mol. The molecule has 50 valence electrons. The van der Waals surface area contributed by atoms with Crippen LogP contribution in [0.4, 0.5) is 0 Å². The van der Waals surface area contributed by atoms with E-state index in [0.29, 0.717) is 0 Å². The van der Waals surface area contributed by atoms with Gasteiger partial charge in [-0.2, -0.15) is 5.06 Å². The number of piperidine rings is 1. The number of nitrogens with zero attached hydrogens (tertiary/aromatic N) is 1. The summed E-state index contributed by atoms with van der Waals surface area (Å²) in [5.41, 5.74) is 0. The molecule has 0 aromatic carbocycles. The second kappa shape index (κ2) is 3.87. The van der Waals surface area contributed by atoms with E-state index in [1.54, 1.807) is 0 Å². The van der Waals surface area contributed by atoms with E-state index in [0.717, 1.165) is 25.9 Å². The third-order valence-electron chi connectivity index (χ3n) is 1.33. The molecule has 0 saturated carbocycles. The Morgan fingerprint density at radius 2 is 1.50 bits per heavy atom. The lowest BCUT2D eigenvalue weighted by Crippen LogP contribution is -2.25. The number of hydrogen-bond acceptors (Lipinski definition) is 2. The molecule has 0 atom stereocenters. The molecule has 0 amide bonds. The van der Waals surface area contributed by atoms with Crippen LogP contribution in [0.5, 0.6) is 0 Å². The van der Waals surface area contributed by atoms with Crippen molar-refractivity contribution in [3.63, 3.8) is 0 Å². The Hall–Kier alpha value is -0.0800. The second-order valence-electron chi connectivity index (χ2n) is 2.01. The highest BCUT2D eigenvalue weighted by Crippen LogP contribution is 2.04. The average molecular weight is 117 g/mol. The number of hydroxylamine groups is 2. The van der Waals surface area contributed by atoms with E-state index in [1.165, 1.54) is 11.5 Å². The first kappa shape index (κ1) is 7.92. The fourth-order valence-electron chi connectivity index (χ4n) is 0.877. The van der Waals surface area contributed by atoms with E-state index in [1.807, 2.05) is 0 Å². The van der Waals surface area contributed by atoms with Gasteiger partial charge >= 0.3 is 0 Å². The lowest BCUT2D eigenvalue weighted by molar-refractivity contribution is -0.103. The molecule has 0 aliphatic carbocycles. The van der Waals surface area contributed by atoms with E-state index >= 15 is 0 Å². The first-order valence-corrected chi connectivity index (χ1v) is 2.83. The third-order valence-corrected chi connectivity index (χ3v) is 1.33. The Bertz CT molecular complexity index is 50.5. The summed E-state index contributed by atoms with van der Waals surface area (Å²) < 4.78 is 0. The Balaban J connectivity index is 0.000000490. The molecule has 0 aromatic rings. The van der Waals surface area contributed by atoms with Gasteiger partial charge in [0.1, 0.15) is 0 Å². The first-order chi connectivity index (χ1) is 3.39. The molecule has 1 aliphatic rings. The highest BCUT2D eigenvalue weighted by Gasteiger charge is 2.04. The fourth-order valence-corrected chi connectivity index (χ4v) is 0.877. The molecule has 1 N–H and O–H groups in total. The van der Waals surface area contributed by atoms with Gasteiger partial charge in [0.2, 0.25) is 0 Å². The number of hydrogen-bond donors (Lipinski definition) is 1. The Morgan fingerprint density at radius 3 is 1.75 bits per heavy atom. The zero-order valence-electron chi connectivity index (χ0n) is 4.43. The maximum Gasteiger partial charge on any atom is 0.0238 e. The van der Waals surface area contributed by atoms with E-state index in [-0.39, 0.29) is 7.43 Å². The normalized spacial score (nSPS) is 22.1. The van der Waals surface area contributed by atoms with Crippen molar-refractivity contribution in [3.8, 4) is 0 Å². The van der Waals surface area contributed by atoms with Gasteiger partial charge in [0.05, 0.1) is 0 Å². The maximum absolute atomic E-state index is 8.74. The Morgan fingerprint density at radius 1 is 1.00 bits per heavy atom. The molecule has 1 saturated heterocycles. The molecule has 2 nitrogen and oxygen atoms in total. The van der Waals surface area contributed by atoms with Crippen molar-refractivity contribution >= 4 is 0 Å². The monoisotopic (exact) mass is 117 g/mol. The van der Waals surface area contributed by atoms with Crippen molar-refractivity contribution in [2.75, 3.05) is 13.1 Å². The van der Waals surface area contributed by atoms with Crippen LogP contribution < -0.4 is 0 Å². The summed E-state index contributed by atoms with van der Waals surface area (Å²) in [4.78, 5) is 0. The van der Waals surface area contributed by atoms with Crippen LogP contribution in [0.2, 0.25) is 0 Å². The smallest absolute Gasteiger partial charge is 0.0238 e. The van der Waals surface area contributed by atoms with Crippen molar-refractivity contribution in [3.05, 3.63) is 0 Å². The third kappa shape index (κ3) is 2.28. The molecule has 0 radical (unpaired) electrons. The van der Waals surface area contributed by atoms with Gasteiger partial charge < -0.3 is 5.21 Å². The molecule has 1 rings (SSSR count). The summed E-state index contributed by atoms with van der Waals surface area (Å²) in [7, 11) is 0. The standard InChI is InChI=1S/C5H11NO.CH4/c7-6-4-2-1-3-5-6;/h7H,1-5H2;1H4. The highest BCUT2D eigenvalue weighted by molar-refractivity contribution is 4.54. The molecule has 1 aliphatic heterocycles. The average Bonchev–Trinajstić information content (AvgIpc) is 1.69. The largest absolute Gasteiger partial charge is 0.314 e. The first-order valence-electron chi connectivity index (χ1n) is 2.83. The zero-order chi connectivity index (χ0) is 5.11. The molecule has 0 unspecified atom stereocenters. The van der Waals surface area contributed by atoms with Crippen molar-refractivity contribution < 1.29 is 5.21 Å². The topological polar surface area (TPSA) is 23.5 Å². The van der Waals surface area contributed by atoms with Crippen LogP contribution in [0.25, 0.3) is 0 Å². The van der Waals surface area contributed by atoms with Crippen LogP contribution >= 0.6 is 0 Å². The van der Waals surface area contributed by atoms with Crippen molar-refractivity contribution in [2.24, 2.45) is 0 Å². The zero-order valence-corrected chi connectivity index (χ0v) is 4.43. The minimum Gasteiger partial charge on any atom is -0.314 e. The van der Waals surface area contributed by atoms with Gasteiger partial charge in [-0.05, 0) is 12.8 Å². The van der Waals surface area contributed by atoms with Gasteiger partial charge in [0, 0.05) is 13.1 Å². The fraction of sp³-hybridized carbons (Fsp3) is 1.00. The van der Waals surface area contributed by atoms with Crippen LogP contribution in [0.1, 0.15) is 26.7 Å². The minimum absolute atomic E-state index is 0. The minimum atomic E-state index is 0. The molecule has 8 heavy (non-hydrogen) atoms. The van der Waals surface area contributed by atoms with Gasteiger partial charge in [-0.15, -0.1) is 0 Å². The quantitative estimate of drug-likeness (QED) is 0.519. The lowest BCUT2D eigenvalue weighted by Gasteiger charge is -2.18. The molecule has 1 fully saturated rings. The van der Waals surface area contributed by atoms with Crippen molar-refractivity contribution in [1.29, 1.82) is 0 Å². The molecule has 0 bridgehead atoms. The summed E-state index contributed by atoms with van der Waals surface area (Å²) >= 11 is 0. The number of rotatable bonds is 0. The van der Waals surface area contributed by atoms with Crippen molar-refractivity contribution in [1.82, 2.24) is 5.06 Å². The Labute approximate surface area is 51.1 Å². The van der Waals surface area contributed by atoms with Crippen LogP contribution in [0.3, 0.4) is 0 Å². The molecular formula is C6H15NO. The molecular weight excluding hydrogens is 102 g/mol. The summed E-state index contributed by atoms with van der Waals surface area (Å²) in [6.45, 7) is 1.75. The Kier molecular flexibility index (Phi) is 3.83. The molecule has 0 aromatic heterocycles. The van der Waals surface area contributed by atoms with E-state index < -0.39 is 0 Å². The highest BCUT2D eigenvalue weighted by atomic mass is 16.5. The van der Waals surface area contributed by atoms with Crippen LogP contribution in [0, 0.1) is 0 Å². The van der Waals surface area contributed by atoms with Gasteiger partial charge in [0.15, 0.2) is 0 Å². The lowest BCUT2D eigenvalue weighted by atomic mass is 10.2. The second-order valence-corrected chi connectivity index (χ2v) is 2.01. The van der Waals surface area contributed by atoms with Gasteiger partial charge in [0.25, 0.3) is 0 Å². The van der Waals surface area contributed by atoms with E-state index in [4.69, 9.17) is 5.21 Å².